The molecule has 0 aromatic rings. The van der Waals surface area contributed by atoms with Gasteiger partial charge in [0, 0.05) is 6.04 Å². The Bertz CT molecular complexity index is 323. The Balaban J connectivity index is 2.45. The summed E-state index contributed by atoms with van der Waals surface area (Å²) in [7, 11) is -1.58. The molecule has 0 radical (unpaired) electrons. The summed E-state index contributed by atoms with van der Waals surface area (Å²) in [4.78, 5) is 11.7. The van der Waals surface area contributed by atoms with Crippen LogP contribution in [0.5, 0.6) is 0 Å². The number of hydrogen-bond donors (Lipinski definition) is 2. The lowest BCUT2D eigenvalue weighted by Gasteiger charge is -2.44. The van der Waals surface area contributed by atoms with Crippen LogP contribution in [0.3, 0.4) is 0 Å². The van der Waals surface area contributed by atoms with E-state index in [-0.39, 0.29) is 12.1 Å². The minimum Gasteiger partial charge on any atom is -0.444 e. The van der Waals surface area contributed by atoms with E-state index in [1.165, 1.54) is 0 Å². The fourth-order valence-corrected chi connectivity index (χ4v) is 4.25. The van der Waals surface area contributed by atoms with E-state index >= 15 is 0 Å². The quantitative estimate of drug-likeness (QED) is 0.767. The number of rotatable bonds is 2. The van der Waals surface area contributed by atoms with E-state index in [1.807, 2.05) is 20.8 Å². The van der Waals surface area contributed by atoms with E-state index < -0.39 is 18.9 Å². The molecule has 0 atom stereocenters. The first-order valence-corrected chi connectivity index (χ1v) is 10.6. The average Bonchev–Trinajstić information content (AvgIpc) is 2.17. The number of alkyl carbamates (subject to hydrolysis) is 1. The van der Waals surface area contributed by atoms with Gasteiger partial charge in [-0.25, -0.2) is 4.79 Å². The van der Waals surface area contributed by atoms with Gasteiger partial charge in [0.25, 0.3) is 0 Å². The molecule has 1 saturated carbocycles. The van der Waals surface area contributed by atoms with E-state index in [9.17, 15) is 9.90 Å². The second kappa shape index (κ2) is 5.44. The van der Waals surface area contributed by atoms with Gasteiger partial charge in [0.1, 0.15) is 5.60 Å². The van der Waals surface area contributed by atoms with Crippen LogP contribution in [0, 0.1) is 0 Å². The van der Waals surface area contributed by atoms with Crippen LogP contribution >= 0.6 is 0 Å². The van der Waals surface area contributed by atoms with Gasteiger partial charge in [-0.2, -0.15) is 0 Å². The number of amides is 1. The molecule has 0 aromatic carbocycles. The van der Waals surface area contributed by atoms with Gasteiger partial charge in [0.05, 0.1) is 13.3 Å². The molecular weight excluding hydrogens is 258 g/mol. The Morgan fingerprint density at radius 2 is 1.74 bits per heavy atom. The summed E-state index contributed by atoms with van der Waals surface area (Å²) in [5.41, 5.74) is -0.461. The highest BCUT2D eigenvalue weighted by molar-refractivity contribution is 6.78. The highest BCUT2D eigenvalue weighted by Gasteiger charge is 2.44. The smallest absolute Gasteiger partial charge is 0.407 e. The van der Waals surface area contributed by atoms with Crippen molar-refractivity contribution in [1.82, 2.24) is 5.32 Å². The maximum Gasteiger partial charge on any atom is 0.407 e. The monoisotopic (exact) mass is 287 g/mol. The van der Waals surface area contributed by atoms with Crippen LogP contribution in [0.1, 0.15) is 46.5 Å². The van der Waals surface area contributed by atoms with E-state index in [2.05, 4.69) is 25.0 Å². The first-order chi connectivity index (χ1) is 8.43. The molecule has 19 heavy (non-hydrogen) atoms. The van der Waals surface area contributed by atoms with Crippen LogP contribution in [0.2, 0.25) is 19.6 Å². The predicted octanol–water partition coefficient (Wildman–Crippen LogP) is 3.06. The summed E-state index contributed by atoms with van der Waals surface area (Å²) in [6.07, 6.45) is 2.88. The molecule has 4 nitrogen and oxygen atoms in total. The summed E-state index contributed by atoms with van der Waals surface area (Å²) in [5.74, 6) is 0. The molecule has 1 fully saturated rings. The zero-order valence-electron chi connectivity index (χ0n) is 13.2. The number of nitrogens with one attached hydrogen (secondary N) is 1. The lowest BCUT2D eigenvalue weighted by molar-refractivity contribution is 0.0389. The predicted molar refractivity (Wildman–Crippen MR) is 79.9 cm³/mol. The molecule has 0 aliphatic heterocycles. The van der Waals surface area contributed by atoms with Crippen LogP contribution in [-0.4, -0.2) is 36.1 Å². The maximum atomic E-state index is 11.7. The first kappa shape index (κ1) is 16.5. The van der Waals surface area contributed by atoms with Crippen molar-refractivity contribution in [1.29, 1.82) is 0 Å². The summed E-state index contributed by atoms with van der Waals surface area (Å²) >= 11 is 0. The lowest BCUT2D eigenvalue weighted by atomic mass is 9.92. The van der Waals surface area contributed by atoms with Crippen molar-refractivity contribution in [3.8, 4) is 0 Å². The second-order valence-corrected chi connectivity index (χ2v) is 13.1. The Morgan fingerprint density at radius 3 is 2.11 bits per heavy atom. The standard InChI is InChI=1S/C14H29NO3Si/c1-13(2,3)18-12(16)15-11-7-9-14(17,10-8-11)19(4,5)6/h11,17H,7-10H2,1-6H3,(H,15,16). The molecule has 0 spiro atoms. The van der Waals surface area contributed by atoms with Crippen LogP contribution in [-0.2, 0) is 4.74 Å². The highest BCUT2D eigenvalue weighted by Crippen LogP contribution is 2.35. The van der Waals surface area contributed by atoms with E-state index in [0.717, 1.165) is 25.7 Å². The normalized spacial score (nSPS) is 28.9. The molecule has 0 unspecified atom stereocenters. The van der Waals surface area contributed by atoms with E-state index in [4.69, 9.17) is 4.74 Å². The van der Waals surface area contributed by atoms with E-state index in [1.54, 1.807) is 0 Å². The van der Waals surface area contributed by atoms with Gasteiger partial charge in [-0.1, -0.05) is 19.6 Å². The Kier molecular flexibility index (Phi) is 4.73. The molecule has 1 aliphatic carbocycles. The fraction of sp³-hybridized carbons (Fsp3) is 0.929. The molecule has 1 rings (SSSR count). The van der Waals surface area contributed by atoms with Crippen LogP contribution in [0.25, 0.3) is 0 Å². The molecule has 5 heteroatoms. The SMILES string of the molecule is CC(C)(C)OC(=O)NC1CCC(O)([Si](C)(C)C)CC1. The van der Waals surface area contributed by atoms with Crippen LogP contribution in [0.4, 0.5) is 4.79 Å². The first-order valence-electron chi connectivity index (χ1n) is 7.15. The van der Waals surface area contributed by atoms with Crippen molar-refractivity contribution >= 4 is 14.2 Å². The minimum absolute atomic E-state index is 0.131. The summed E-state index contributed by atoms with van der Waals surface area (Å²) in [6, 6.07) is 0.131. The zero-order chi connectivity index (χ0) is 14.9. The third-order valence-electron chi connectivity index (χ3n) is 3.93. The Labute approximate surface area is 117 Å². The molecule has 0 saturated heterocycles. The van der Waals surface area contributed by atoms with Gasteiger partial charge in [0.15, 0.2) is 0 Å². The molecule has 0 aromatic heterocycles. The van der Waals surface area contributed by atoms with Crippen LogP contribution < -0.4 is 5.32 Å². The summed E-state index contributed by atoms with van der Waals surface area (Å²) < 4.78 is 5.26. The Morgan fingerprint density at radius 1 is 1.26 bits per heavy atom. The second-order valence-electron chi connectivity index (χ2n) is 7.70. The minimum atomic E-state index is -1.58. The number of hydrogen-bond acceptors (Lipinski definition) is 3. The fourth-order valence-electron chi connectivity index (χ4n) is 2.46. The van der Waals surface area contributed by atoms with Gasteiger partial charge < -0.3 is 15.2 Å². The van der Waals surface area contributed by atoms with Crippen molar-refractivity contribution in [2.45, 2.75) is 83.0 Å². The van der Waals surface area contributed by atoms with Gasteiger partial charge in [-0.3, -0.25) is 0 Å². The largest absolute Gasteiger partial charge is 0.444 e. The van der Waals surface area contributed by atoms with Crippen molar-refractivity contribution in [2.75, 3.05) is 0 Å². The molecular formula is C14H29NO3Si. The van der Waals surface area contributed by atoms with Crippen molar-refractivity contribution < 1.29 is 14.6 Å². The number of carbonyl (C=O) groups excluding carboxylic acids is 1. The van der Waals surface area contributed by atoms with Gasteiger partial charge in [-0.05, 0) is 46.5 Å². The van der Waals surface area contributed by atoms with Crippen molar-refractivity contribution in [3.05, 3.63) is 0 Å². The third kappa shape index (κ3) is 4.80. The van der Waals surface area contributed by atoms with Gasteiger partial charge >= 0.3 is 6.09 Å². The maximum absolute atomic E-state index is 11.7. The van der Waals surface area contributed by atoms with E-state index in [0.29, 0.717) is 0 Å². The molecule has 0 bridgehead atoms. The highest BCUT2D eigenvalue weighted by atomic mass is 28.3. The number of carbonyl (C=O) groups is 1. The van der Waals surface area contributed by atoms with Gasteiger partial charge in [0.2, 0.25) is 0 Å². The third-order valence-corrected chi connectivity index (χ3v) is 7.22. The average molecular weight is 287 g/mol. The van der Waals surface area contributed by atoms with Crippen LogP contribution in [0.15, 0.2) is 0 Å². The molecule has 112 valence electrons. The molecule has 1 amide bonds. The zero-order valence-corrected chi connectivity index (χ0v) is 14.2. The summed E-state index contributed by atoms with van der Waals surface area (Å²) in [5, 5.41) is 13.1. The Hall–Kier alpha value is -0.553. The number of aliphatic hydroxyl groups is 1. The molecule has 0 heterocycles. The molecule has 2 N–H and O–H groups in total. The van der Waals surface area contributed by atoms with Crippen molar-refractivity contribution in [3.63, 3.8) is 0 Å². The van der Waals surface area contributed by atoms with Gasteiger partial charge in [-0.15, -0.1) is 0 Å². The van der Waals surface area contributed by atoms with Crippen molar-refractivity contribution in [2.24, 2.45) is 0 Å². The number of ether oxygens (including phenoxy) is 1. The molecule has 1 aliphatic rings. The summed E-state index contributed by atoms with van der Waals surface area (Å²) in [6.45, 7) is 12.2. The topological polar surface area (TPSA) is 58.6 Å². The lowest BCUT2D eigenvalue weighted by Crippen LogP contribution is -2.56.